The Labute approximate surface area is 80.6 Å². The van der Waals surface area contributed by atoms with Crippen LogP contribution in [-0.4, -0.2) is 30.8 Å². The van der Waals surface area contributed by atoms with Gasteiger partial charge in [0.2, 0.25) is 0 Å². The second-order valence-corrected chi connectivity index (χ2v) is 4.83. The third kappa shape index (κ3) is 2.66. The quantitative estimate of drug-likeness (QED) is 0.615. The van der Waals surface area contributed by atoms with Crippen molar-refractivity contribution in [3.8, 4) is 0 Å². The molecule has 1 heterocycles. The average Bonchev–Trinajstić information content (AvgIpc) is 2.01. The number of likely N-dealkylation sites (N-methyl/N-ethyl adjacent to an activating group) is 1. The van der Waals surface area contributed by atoms with Crippen molar-refractivity contribution >= 4 is 5.78 Å². The van der Waals surface area contributed by atoms with Crippen LogP contribution in [-0.2, 0) is 4.79 Å². The number of hydrogen-bond acceptors (Lipinski definition) is 2. The lowest BCUT2D eigenvalue weighted by Crippen LogP contribution is -2.33. The zero-order chi connectivity index (χ0) is 10.1. The van der Waals surface area contributed by atoms with Gasteiger partial charge in [-0.15, -0.1) is 0 Å². The molecule has 0 aliphatic carbocycles. The summed E-state index contributed by atoms with van der Waals surface area (Å²) in [5, 5.41) is 0. The molecular weight excluding hydrogens is 162 g/mol. The lowest BCUT2D eigenvalue weighted by Gasteiger charge is -2.26. The summed E-state index contributed by atoms with van der Waals surface area (Å²) in [5.41, 5.74) is 0.755. The zero-order valence-electron chi connectivity index (χ0n) is 9.05. The normalized spacial score (nSPS) is 19.8. The van der Waals surface area contributed by atoms with Gasteiger partial charge in [0.25, 0.3) is 0 Å². The van der Waals surface area contributed by atoms with Crippen LogP contribution in [0.3, 0.4) is 0 Å². The van der Waals surface area contributed by atoms with Crippen molar-refractivity contribution in [3.63, 3.8) is 0 Å². The van der Waals surface area contributed by atoms with Crippen molar-refractivity contribution in [1.29, 1.82) is 0 Å². The van der Waals surface area contributed by atoms with E-state index in [4.69, 9.17) is 0 Å². The van der Waals surface area contributed by atoms with Gasteiger partial charge in [-0.25, -0.2) is 0 Å². The van der Waals surface area contributed by atoms with Crippen molar-refractivity contribution in [2.45, 2.75) is 27.2 Å². The van der Waals surface area contributed by atoms with E-state index in [9.17, 15) is 4.79 Å². The number of rotatable bonds is 1. The second kappa shape index (κ2) is 3.62. The number of hydrogen-bond donors (Lipinski definition) is 0. The maximum atomic E-state index is 11.9. The van der Waals surface area contributed by atoms with Gasteiger partial charge in [0, 0.05) is 24.1 Å². The summed E-state index contributed by atoms with van der Waals surface area (Å²) >= 11 is 0. The number of carbonyl (C=O) groups is 1. The van der Waals surface area contributed by atoms with E-state index in [1.165, 1.54) is 0 Å². The maximum absolute atomic E-state index is 11.9. The number of Topliss-reactive ketones (excluding diaryl/α,β-unsaturated/α-hetero) is 1. The lowest BCUT2D eigenvalue weighted by atomic mass is 9.85. The highest BCUT2D eigenvalue weighted by Crippen LogP contribution is 2.22. The van der Waals surface area contributed by atoms with E-state index in [2.05, 4.69) is 18.0 Å². The van der Waals surface area contributed by atoms with E-state index in [1.54, 1.807) is 0 Å². The van der Waals surface area contributed by atoms with E-state index >= 15 is 0 Å². The van der Waals surface area contributed by atoms with Crippen molar-refractivity contribution < 1.29 is 4.79 Å². The van der Waals surface area contributed by atoms with E-state index < -0.39 is 0 Å². The number of ketones is 1. The predicted molar refractivity (Wildman–Crippen MR) is 54.7 cm³/mol. The van der Waals surface area contributed by atoms with E-state index in [-0.39, 0.29) is 5.41 Å². The SMILES string of the molecule is CN1CCC=C(C(=O)C(C)(C)C)C1. The summed E-state index contributed by atoms with van der Waals surface area (Å²) in [5.74, 6) is 0.291. The van der Waals surface area contributed by atoms with Crippen LogP contribution < -0.4 is 0 Å². The van der Waals surface area contributed by atoms with Crippen LogP contribution in [0.1, 0.15) is 27.2 Å². The van der Waals surface area contributed by atoms with Gasteiger partial charge in [-0.2, -0.15) is 0 Å². The van der Waals surface area contributed by atoms with Crippen molar-refractivity contribution in [2.75, 3.05) is 20.1 Å². The molecule has 0 aromatic heterocycles. The molecule has 0 aromatic carbocycles. The molecule has 0 unspecified atom stereocenters. The zero-order valence-corrected chi connectivity index (χ0v) is 9.05. The summed E-state index contributed by atoms with van der Waals surface area (Å²) in [7, 11) is 2.06. The van der Waals surface area contributed by atoms with Gasteiger partial charge in [-0.3, -0.25) is 4.79 Å². The molecule has 0 amide bonds. The Kier molecular flexibility index (Phi) is 2.91. The summed E-state index contributed by atoms with van der Waals surface area (Å²) in [6.45, 7) is 7.82. The minimum atomic E-state index is -0.232. The van der Waals surface area contributed by atoms with Crippen molar-refractivity contribution in [2.24, 2.45) is 5.41 Å². The third-order valence-electron chi connectivity index (χ3n) is 2.31. The average molecular weight is 181 g/mol. The van der Waals surface area contributed by atoms with Crippen molar-refractivity contribution in [3.05, 3.63) is 11.6 Å². The first-order chi connectivity index (χ1) is 5.91. The van der Waals surface area contributed by atoms with Crippen LogP contribution in [0.5, 0.6) is 0 Å². The van der Waals surface area contributed by atoms with Crippen LogP contribution in [0.2, 0.25) is 0 Å². The Morgan fingerprint density at radius 2 is 2.08 bits per heavy atom. The molecule has 0 atom stereocenters. The van der Waals surface area contributed by atoms with Crippen molar-refractivity contribution in [1.82, 2.24) is 4.90 Å². The van der Waals surface area contributed by atoms with Crippen LogP contribution in [0.25, 0.3) is 0 Å². The molecule has 0 fully saturated rings. The summed E-state index contributed by atoms with van der Waals surface area (Å²) < 4.78 is 0. The molecule has 1 rings (SSSR count). The second-order valence-electron chi connectivity index (χ2n) is 4.83. The first kappa shape index (κ1) is 10.5. The fraction of sp³-hybridized carbons (Fsp3) is 0.727. The molecule has 1 aliphatic heterocycles. The molecule has 74 valence electrons. The Morgan fingerprint density at radius 3 is 2.54 bits per heavy atom. The molecule has 0 saturated carbocycles. The van der Waals surface area contributed by atoms with Gasteiger partial charge in [-0.1, -0.05) is 26.8 Å². The fourth-order valence-corrected chi connectivity index (χ4v) is 1.54. The highest BCUT2D eigenvalue weighted by molar-refractivity contribution is 5.99. The van der Waals surface area contributed by atoms with E-state index in [0.717, 1.165) is 25.1 Å². The van der Waals surface area contributed by atoms with Crippen LogP contribution in [0.4, 0.5) is 0 Å². The molecule has 0 N–H and O–H groups in total. The van der Waals surface area contributed by atoms with Gasteiger partial charge < -0.3 is 4.90 Å². The van der Waals surface area contributed by atoms with Gasteiger partial charge >= 0.3 is 0 Å². The summed E-state index contributed by atoms with van der Waals surface area (Å²) in [6, 6.07) is 0. The van der Waals surface area contributed by atoms with Gasteiger partial charge in [0.05, 0.1) is 0 Å². The van der Waals surface area contributed by atoms with E-state index in [0.29, 0.717) is 5.78 Å². The van der Waals surface area contributed by atoms with Gasteiger partial charge in [0.1, 0.15) is 0 Å². The molecule has 2 heteroatoms. The van der Waals surface area contributed by atoms with Crippen LogP contribution in [0.15, 0.2) is 11.6 Å². The fourth-order valence-electron chi connectivity index (χ4n) is 1.54. The highest BCUT2D eigenvalue weighted by atomic mass is 16.1. The Balaban J connectivity index is 2.73. The third-order valence-corrected chi connectivity index (χ3v) is 2.31. The van der Waals surface area contributed by atoms with Crippen LogP contribution >= 0.6 is 0 Å². The molecule has 0 aromatic rings. The standard InChI is InChI=1S/C11H19NO/c1-11(2,3)10(13)9-6-5-7-12(4)8-9/h6H,5,7-8H2,1-4H3. The topological polar surface area (TPSA) is 20.3 Å². The molecule has 0 spiro atoms. The molecule has 13 heavy (non-hydrogen) atoms. The molecule has 0 saturated heterocycles. The first-order valence-corrected chi connectivity index (χ1v) is 4.83. The largest absolute Gasteiger partial charge is 0.302 e. The Bertz CT molecular complexity index is 235. The molecule has 1 aliphatic rings. The molecule has 0 bridgehead atoms. The predicted octanol–water partition coefficient (Wildman–Crippen LogP) is 1.86. The molecular formula is C11H19NO. The maximum Gasteiger partial charge on any atom is 0.165 e. The van der Waals surface area contributed by atoms with Gasteiger partial charge in [-0.05, 0) is 13.5 Å². The molecule has 2 nitrogen and oxygen atoms in total. The highest BCUT2D eigenvalue weighted by Gasteiger charge is 2.26. The smallest absolute Gasteiger partial charge is 0.165 e. The first-order valence-electron chi connectivity index (χ1n) is 4.83. The Morgan fingerprint density at radius 1 is 1.46 bits per heavy atom. The van der Waals surface area contributed by atoms with Gasteiger partial charge in [0.15, 0.2) is 5.78 Å². The minimum absolute atomic E-state index is 0.232. The van der Waals surface area contributed by atoms with Crippen LogP contribution in [0, 0.1) is 5.41 Å². The van der Waals surface area contributed by atoms with E-state index in [1.807, 2.05) is 20.8 Å². The molecule has 0 radical (unpaired) electrons. The number of nitrogens with zero attached hydrogens (tertiary/aromatic N) is 1. The summed E-state index contributed by atoms with van der Waals surface area (Å²) in [4.78, 5) is 14.1. The Hall–Kier alpha value is -0.630. The monoisotopic (exact) mass is 181 g/mol. The minimum Gasteiger partial charge on any atom is -0.302 e. The number of carbonyl (C=O) groups excluding carboxylic acids is 1. The lowest BCUT2D eigenvalue weighted by molar-refractivity contribution is -0.122. The summed E-state index contributed by atoms with van der Waals surface area (Å²) in [6.07, 6.45) is 3.10.